The fraction of sp³-hybridized carbons (Fsp3) is 0.0714. The van der Waals surface area contributed by atoms with Crippen molar-refractivity contribution in [3.63, 3.8) is 0 Å². The van der Waals surface area contributed by atoms with Gasteiger partial charge in [0.05, 0.1) is 16.8 Å². The van der Waals surface area contributed by atoms with Crippen LogP contribution in [0.5, 0.6) is 11.5 Å². The average molecular weight is 757 g/mol. The summed E-state index contributed by atoms with van der Waals surface area (Å²) in [6.07, 6.45) is 0. The second-order valence-corrected chi connectivity index (χ2v) is 16.1. The number of nitrogens with zero attached hydrogens (tertiary/aromatic N) is 2. The Balaban J connectivity index is 1.12. The first-order valence-electron chi connectivity index (χ1n) is 20.3. The van der Waals surface area contributed by atoms with Gasteiger partial charge < -0.3 is 4.74 Å². The zero-order chi connectivity index (χ0) is 39.6. The lowest BCUT2D eigenvalue weighted by Crippen LogP contribution is -2.43. The molecule has 280 valence electrons. The molecule has 0 unspecified atom stereocenters. The third kappa shape index (κ3) is 5.42. The van der Waals surface area contributed by atoms with E-state index in [-0.39, 0.29) is 5.41 Å². The maximum Gasteiger partial charge on any atom is 0.161 e. The minimum absolute atomic E-state index is 0.181. The molecule has 3 heteroatoms. The molecule has 0 bridgehead atoms. The first-order valence-corrected chi connectivity index (χ1v) is 20.3. The Labute approximate surface area is 345 Å². The molecule has 1 aliphatic heterocycles. The number of benzene rings is 8. The summed E-state index contributed by atoms with van der Waals surface area (Å²) < 4.78 is 6.97. The number of ether oxygens (including phenoxy) is 1. The van der Waals surface area contributed by atoms with Gasteiger partial charge in [0.15, 0.2) is 5.82 Å². The van der Waals surface area contributed by atoms with Gasteiger partial charge in [-0.25, -0.2) is 9.97 Å². The van der Waals surface area contributed by atoms with Crippen molar-refractivity contribution in [1.82, 2.24) is 9.97 Å². The third-order valence-electron chi connectivity index (χ3n) is 12.5. The van der Waals surface area contributed by atoms with Gasteiger partial charge >= 0.3 is 0 Å². The molecule has 8 aromatic carbocycles. The fourth-order valence-electron chi connectivity index (χ4n) is 9.76. The molecule has 2 heterocycles. The Morgan fingerprint density at radius 2 is 0.814 bits per heavy atom. The van der Waals surface area contributed by atoms with E-state index in [1.165, 1.54) is 22.3 Å². The molecule has 0 amide bonds. The van der Waals surface area contributed by atoms with Crippen molar-refractivity contribution in [2.75, 3.05) is 0 Å². The molecule has 0 atom stereocenters. The van der Waals surface area contributed by atoms with Crippen molar-refractivity contribution in [3.05, 3.63) is 240 Å². The molecule has 9 aromatic rings. The standard InChI is InChI=1S/C56H40N2O/c1-55(2)44-27-13-15-29-46(44)56(47-30-16-14-28-45(47)55)48-31-17-18-32-52(48)59-53-35-39(33-34-49(53)56)41-24-10-12-26-43(41)54-57-50(38-21-7-4-8-22-38)36-51(58-54)42-25-11-9-23-40(42)37-19-5-3-6-20-37/h3-36H,1-2H3. The zero-order valence-corrected chi connectivity index (χ0v) is 32.9. The monoisotopic (exact) mass is 756 g/mol. The van der Waals surface area contributed by atoms with Gasteiger partial charge in [-0.05, 0) is 62.7 Å². The summed E-state index contributed by atoms with van der Waals surface area (Å²) in [6.45, 7) is 4.70. The Morgan fingerprint density at radius 3 is 1.47 bits per heavy atom. The van der Waals surface area contributed by atoms with Crippen LogP contribution in [0.4, 0.5) is 0 Å². The second-order valence-electron chi connectivity index (χ2n) is 16.1. The van der Waals surface area contributed by atoms with E-state index in [1.807, 2.05) is 6.07 Å². The van der Waals surface area contributed by atoms with Crippen LogP contribution in [0.3, 0.4) is 0 Å². The van der Waals surface area contributed by atoms with Gasteiger partial charge in [-0.3, -0.25) is 0 Å². The van der Waals surface area contributed by atoms with Crippen molar-refractivity contribution in [3.8, 4) is 67.7 Å². The number of hydrogen-bond donors (Lipinski definition) is 0. The number of aromatic nitrogens is 2. The SMILES string of the molecule is CC1(C)c2ccccc2C2(c3ccccc3Oc3cc(-c4ccccc4-c4nc(-c5ccccc5)cc(-c5ccccc5-c5ccccc5)n4)ccc32)c2ccccc21. The molecular formula is C56H40N2O. The minimum Gasteiger partial charge on any atom is -0.457 e. The van der Waals surface area contributed by atoms with E-state index in [0.717, 1.165) is 73.0 Å². The van der Waals surface area contributed by atoms with Gasteiger partial charge in [-0.1, -0.05) is 202 Å². The number of para-hydroxylation sites is 1. The fourth-order valence-corrected chi connectivity index (χ4v) is 9.76. The van der Waals surface area contributed by atoms with Crippen molar-refractivity contribution < 1.29 is 4.74 Å². The van der Waals surface area contributed by atoms with Gasteiger partial charge in [0.25, 0.3) is 0 Å². The summed E-state index contributed by atoms with van der Waals surface area (Å²) in [5.74, 6) is 2.38. The van der Waals surface area contributed by atoms with E-state index in [4.69, 9.17) is 14.7 Å². The van der Waals surface area contributed by atoms with Crippen LogP contribution in [-0.4, -0.2) is 9.97 Å². The van der Waals surface area contributed by atoms with Gasteiger partial charge in [0, 0.05) is 33.2 Å². The molecule has 0 N–H and O–H groups in total. The molecule has 0 saturated heterocycles. The molecule has 0 saturated carbocycles. The van der Waals surface area contributed by atoms with E-state index >= 15 is 0 Å². The van der Waals surface area contributed by atoms with Crippen LogP contribution < -0.4 is 4.74 Å². The third-order valence-corrected chi connectivity index (χ3v) is 12.5. The van der Waals surface area contributed by atoms with E-state index < -0.39 is 5.41 Å². The molecule has 0 radical (unpaired) electrons. The molecule has 1 aliphatic carbocycles. The molecular weight excluding hydrogens is 717 g/mol. The lowest BCUT2D eigenvalue weighted by atomic mass is 9.53. The van der Waals surface area contributed by atoms with Crippen LogP contribution >= 0.6 is 0 Å². The highest BCUT2D eigenvalue weighted by Gasteiger charge is 2.52. The summed E-state index contributed by atoms with van der Waals surface area (Å²) >= 11 is 0. The molecule has 0 fully saturated rings. The van der Waals surface area contributed by atoms with Crippen molar-refractivity contribution >= 4 is 0 Å². The Morgan fingerprint density at radius 1 is 0.339 bits per heavy atom. The van der Waals surface area contributed by atoms with Crippen LogP contribution in [0.25, 0.3) is 56.2 Å². The first-order chi connectivity index (χ1) is 29.0. The summed E-state index contributed by atoms with van der Waals surface area (Å²) in [5.41, 5.74) is 15.9. The molecule has 2 aliphatic rings. The maximum atomic E-state index is 6.97. The predicted molar refractivity (Wildman–Crippen MR) is 240 cm³/mol. The van der Waals surface area contributed by atoms with Gasteiger partial charge in [-0.15, -0.1) is 0 Å². The lowest BCUT2D eigenvalue weighted by molar-refractivity contribution is 0.425. The maximum absolute atomic E-state index is 6.97. The summed E-state index contributed by atoms with van der Waals surface area (Å²) in [7, 11) is 0. The molecule has 1 spiro atoms. The summed E-state index contributed by atoms with van der Waals surface area (Å²) in [6, 6.07) is 73.4. The highest BCUT2D eigenvalue weighted by molar-refractivity contribution is 5.87. The summed E-state index contributed by atoms with van der Waals surface area (Å²) in [4.78, 5) is 10.7. The molecule has 3 nitrogen and oxygen atoms in total. The van der Waals surface area contributed by atoms with E-state index in [2.05, 4.69) is 214 Å². The molecule has 11 rings (SSSR count). The Bertz CT molecular complexity index is 3010. The van der Waals surface area contributed by atoms with Crippen LogP contribution in [0.15, 0.2) is 206 Å². The minimum atomic E-state index is -0.570. The largest absolute Gasteiger partial charge is 0.457 e. The van der Waals surface area contributed by atoms with Crippen molar-refractivity contribution in [2.45, 2.75) is 24.7 Å². The molecule has 1 aromatic heterocycles. The average Bonchev–Trinajstić information content (AvgIpc) is 3.31. The van der Waals surface area contributed by atoms with Crippen molar-refractivity contribution in [2.24, 2.45) is 0 Å². The highest BCUT2D eigenvalue weighted by Crippen LogP contribution is 2.61. The van der Waals surface area contributed by atoms with Crippen molar-refractivity contribution in [1.29, 1.82) is 0 Å². The van der Waals surface area contributed by atoms with Gasteiger partial charge in [-0.2, -0.15) is 0 Å². The topological polar surface area (TPSA) is 35.0 Å². The van der Waals surface area contributed by atoms with Gasteiger partial charge in [0.1, 0.15) is 11.5 Å². The predicted octanol–water partition coefficient (Wildman–Crippen LogP) is 13.9. The zero-order valence-electron chi connectivity index (χ0n) is 32.9. The van der Waals surface area contributed by atoms with E-state index in [0.29, 0.717) is 5.82 Å². The first kappa shape index (κ1) is 34.9. The van der Waals surface area contributed by atoms with Crippen LogP contribution in [0.1, 0.15) is 47.2 Å². The normalized spacial score (nSPS) is 14.0. The highest BCUT2D eigenvalue weighted by atomic mass is 16.5. The van der Waals surface area contributed by atoms with Crippen LogP contribution in [0.2, 0.25) is 0 Å². The quantitative estimate of drug-likeness (QED) is 0.175. The Kier molecular flexibility index (Phi) is 8.06. The molecule has 59 heavy (non-hydrogen) atoms. The lowest BCUT2D eigenvalue weighted by Gasteiger charge is -2.50. The second kappa shape index (κ2) is 13.6. The Hall–Kier alpha value is -7.36. The van der Waals surface area contributed by atoms with Crippen LogP contribution in [0, 0.1) is 0 Å². The van der Waals surface area contributed by atoms with Gasteiger partial charge in [0.2, 0.25) is 0 Å². The van der Waals surface area contributed by atoms with E-state index in [1.54, 1.807) is 0 Å². The number of fused-ring (bicyclic) bond motifs is 8. The number of hydrogen-bond acceptors (Lipinski definition) is 3. The smallest absolute Gasteiger partial charge is 0.161 e. The van der Waals surface area contributed by atoms with E-state index in [9.17, 15) is 0 Å². The summed E-state index contributed by atoms with van der Waals surface area (Å²) in [5, 5.41) is 0. The number of rotatable bonds is 5. The van der Waals surface area contributed by atoms with Crippen LogP contribution in [-0.2, 0) is 10.8 Å².